The van der Waals surface area contributed by atoms with Crippen LogP contribution in [0.4, 0.5) is 11.6 Å². The molecule has 0 atom stereocenters. The second kappa shape index (κ2) is 8.03. The number of aromatic nitrogens is 3. The molecule has 0 amide bonds. The van der Waals surface area contributed by atoms with Crippen molar-refractivity contribution in [1.29, 1.82) is 0 Å². The van der Waals surface area contributed by atoms with Gasteiger partial charge in [0, 0.05) is 21.3 Å². The lowest BCUT2D eigenvalue weighted by molar-refractivity contribution is 0.687. The molecule has 0 fully saturated rings. The molecule has 0 aliphatic carbocycles. The van der Waals surface area contributed by atoms with Gasteiger partial charge in [0.1, 0.15) is 6.33 Å². The predicted molar refractivity (Wildman–Crippen MR) is 111 cm³/mol. The molecule has 1 heterocycles. The fraction of sp³-hybridized carbons (Fsp3) is 0.167. The van der Waals surface area contributed by atoms with Gasteiger partial charge in [0.05, 0.1) is 6.54 Å². The van der Waals surface area contributed by atoms with Crippen molar-refractivity contribution in [3.63, 3.8) is 0 Å². The lowest BCUT2D eigenvalue weighted by atomic mass is 10.1. The van der Waals surface area contributed by atoms with E-state index in [4.69, 9.17) is 35.4 Å². The Hall–Kier alpha value is -2.15. The minimum Gasteiger partial charge on any atom is -0.332 e. The van der Waals surface area contributed by atoms with Crippen molar-refractivity contribution in [3.05, 3.63) is 69.5 Å². The molecule has 0 spiro atoms. The molecule has 0 bridgehead atoms. The Kier molecular flexibility index (Phi) is 5.76. The van der Waals surface area contributed by atoms with Crippen LogP contribution in [0.5, 0.6) is 0 Å². The van der Waals surface area contributed by atoms with Gasteiger partial charge < -0.3 is 5.32 Å². The molecule has 0 aliphatic heterocycles. The van der Waals surface area contributed by atoms with Crippen LogP contribution in [-0.4, -0.2) is 19.9 Å². The van der Waals surface area contributed by atoms with E-state index >= 15 is 0 Å². The summed E-state index contributed by atoms with van der Waals surface area (Å²) in [6, 6.07) is 11.5. The van der Waals surface area contributed by atoms with E-state index in [1.165, 1.54) is 5.56 Å². The van der Waals surface area contributed by atoms with Crippen LogP contribution in [0.25, 0.3) is 0 Å². The lowest BCUT2D eigenvalue weighted by Gasteiger charge is -2.11. The summed E-state index contributed by atoms with van der Waals surface area (Å²) < 4.78 is 1.65. The highest BCUT2D eigenvalue weighted by atomic mass is 35.5. The van der Waals surface area contributed by atoms with Gasteiger partial charge in [-0.1, -0.05) is 47.0 Å². The second-order valence-corrected chi connectivity index (χ2v) is 7.09. The number of nitrogens with zero attached hydrogens (tertiary/aromatic N) is 3. The van der Waals surface area contributed by atoms with Crippen LogP contribution in [0.15, 0.2) is 42.7 Å². The van der Waals surface area contributed by atoms with Crippen molar-refractivity contribution in [3.8, 4) is 0 Å². The second-order valence-electron chi connectivity index (χ2n) is 5.86. The molecule has 3 aromatic rings. The normalized spacial score (nSPS) is 10.6. The third kappa shape index (κ3) is 4.52. The summed E-state index contributed by atoms with van der Waals surface area (Å²) in [5, 5.41) is 12.1. The molecule has 0 aliphatic rings. The Morgan fingerprint density at radius 3 is 2.54 bits per heavy atom. The van der Waals surface area contributed by atoms with E-state index in [2.05, 4.69) is 33.7 Å². The van der Waals surface area contributed by atoms with Gasteiger partial charge in [-0.2, -0.15) is 0 Å². The number of thiocarbonyl (C=S) groups is 1. The highest BCUT2D eigenvalue weighted by Crippen LogP contribution is 2.25. The summed E-state index contributed by atoms with van der Waals surface area (Å²) in [5.41, 5.74) is 4.05. The summed E-state index contributed by atoms with van der Waals surface area (Å²) in [5.74, 6) is 0.399. The number of rotatable bonds is 4. The van der Waals surface area contributed by atoms with E-state index in [-0.39, 0.29) is 0 Å². The number of nitrogens with one attached hydrogen (secondary N) is 2. The van der Waals surface area contributed by atoms with Gasteiger partial charge >= 0.3 is 0 Å². The lowest BCUT2D eigenvalue weighted by Crippen LogP contribution is -2.20. The molecular formula is C18H17Cl2N5S. The van der Waals surface area contributed by atoms with E-state index in [0.717, 1.165) is 16.8 Å². The zero-order valence-corrected chi connectivity index (χ0v) is 16.6. The molecule has 26 heavy (non-hydrogen) atoms. The summed E-state index contributed by atoms with van der Waals surface area (Å²) in [7, 11) is 0. The molecular weight excluding hydrogens is 389 g/mol. The topological polar surface area (TPSA) is 54.8 Å². The minimum absolute atomic E-state index is 0.399. The molecule has 2 aromatic carbocycles. The van der Waals surface area contributed by atoms with E-state index in [0.29, 0.717) is 27.7 Å². The smallest absolute Gasteiger partial charge is 0.248 e. The van der Waals surface area contributed by atoms with E-state index in [1.54, 1.807) is 29.2 Å². The molecule has 3 rings (SSSR count). The van der Waals surface area contributed by atoms with Crippen LogP contribution in [0, 0.1) is 13.8 Å². The number of benzene rings is 2. The van der Waals surface area contributed by atoms with Crippen molar-refractivity contribution >= 4 is 52.2 Å². The average molecular weight is 406 g/mol. The first-order valence-electron chi connectivity index (χ1n) is 7.90. The largest absolute Gasteiger partial charge is 0.332 e. The van der Waals surface area contributed by atoms with Gasteiger partial charge in [-0.3, -0.25) is 5.32 Å². The summed E-state index contributed by atoms with van der Waals surface area (Å²) >= 11 is 17.7. The maximum atomic E-state index is 6.19. The summed E-state index contributed by atoms with van der Waals surface area (Å²) in [6.07, 6.45) is 1.60. The number of aryl methyl sites for hydroxylation is 2. The van der Waals surface area contributed by atoms with Crippen LogP contribution < -0.4 is 10.6 Å². The minimum atomic E-state index is 0.399. The van der Waals surface area contributed by atoms with Crippen LogP contribution in [-0.2, 0) is 6.54 Å². The fourth-order valence-corrected chi connectivity index (χ4v) is 3.20. The zero-order chi connectivity index (χ0) is 18.7. The molecule has 0 saturated heterocycles. The van der Waals surface area contributed by atoms with Crippen LogP contribution in [0.2, 0.25) is 10.0 Å². The van der Waals surface area contributed by atoms with Gasteiger partial charge in [0.15, 0.2) is 5.11 Å². The summed E-state index contributed by atoms with van der Waals surface area (Å²) in [6.45, 7) is 4.50. The van der Waals surface area contributed by atoms with Crippen LogP contribution in [0.1, 0.15) is 16.7 Å². The molecule has 0 unspecified atom stereocenters. The van der Waals surface area contributed by atoms with E-state index < -0.39 is 0 Å². The Labute approximate surface area is 167 Å². The Bertz CT molecular complexity index is 934. The molecule has 8 heteroatoms. The van der Waals surface area contributed by atoms with Crippen LogP contribution in [0.3, 0.4) is 0 Å². The molecule has 0 saturated carbocycles. The number of hydrogen-bond donors (Lipinski definition) is 2. The summed E-state index contributed by atoms with van der Waals surface area (Å²) in [4.78, 5) is 4.22. The van der Waals surface area contributed by atoms with E-state index in [1.807, 2.05) is 19.1 Å². The van der Waals surface area contributed by atoms with Crippen LogP contribution >= 0.6 is 35.4 Å². The van der Waals surface area contributed by atoms with Crippen molar-refractivity contribution < 1.29 is 0 Å². The number of hydrogen-bond acceptors (Lipinski definition) is 3. The monoisotopic (exact) mass is 405 g/mol. The first kappa shape index (κ1) is 18.6. The maximum absolute atomic E-state index is 6.19. The molecule has 0 radical (unpaired) electrons. The number of halogens is 2. The van der Waals surface area contributed by atoms with Gasteiger partial charge in [-0.15, -0.1) is 5.10 Å². The SMILES string of the molecule is Cc1ccc(NC(=S)Nc2ncn(Cc3c(Cl)cccc3Cl)n2)c(C)c1. The molecule has 2 N–H and O–H groups in total. The highest BCUT2D eigenvalue weighted by molar-refractivity contribution is 7.80. The Morgan fingerprint density at radius 2 is 1.85 bits per heavy atom. The first-order chi connectivity index (χ1) is 12.4. The van der Waals surface area contributed by atoms with E-state index in [9.17, 15) is 0 Å². The Morgan fingerprint density at radius 1 is 1.12 bits per heavy atom. The van der Waals surface area contributed by atoms with Gasteiger partial charge in [0.2, 0.25) is 5.95 Å². The van der Waals surface area contributed by atoms with Gasteiger partial charge in [0.25, 0.3) is 0 Å². The fourth-order valence-electron chi connectivity index (χ4n) is 2.48. The maximum Gasteiger partial charge on any atom is 0.248 e. The van der Waals surface area contributed by atoms with Crippen molar-refractivity contribution in [2.24, 2.45) is 0 Å². The van der Waals surface area contributed by atoms with Crippen molar-refractivity contribution in [2.45, 2.75) is 20.4 Å². The first-order valence-corrected chi connectivity index (χ1v) is 9.06. The predicted octanol–water partition coefficient (Wildman–Crippen LogP) is 5.06. The molecule has 1 aromatic heterocycles. The average Bonchev–Trinajstić information content (AvgIpc) is 3.01. The highest BCUT2D eigenvalue weighted by Gasteiger charge is 2.09. The quantitative estimate of drug-likeness (QED) is 0.594. The third-order valence-corrected chi connectivity index (χ3v) is 4.69. The standard InChI is InChI=1S/C18H17Cl2N5S/c1-11-6-7-16(12(2)8-11)22-18(26)23-17-21-10-25(24-17)9-13-14(19)4-3-5-15(13)20/h3-8,10H,9H2,1-2H3,(H2,22,23,24,26). The van der Waals surface area contributed by atoms with Crippen molar-refractivity contribution in [2.75, 3.05) is 10.6 Å². The number of anilines is 2. The van der Waals surface area contributed by atoms with Crippen molar-refractivity contribution in [1.82, 2.24) is 14.8 Å². The molecule has 5 nitrogen and oxygen atoms in total. The Balaban J connectivity index is 1.65. The zero-order valence-electron chi connectivity index (χ0n) is 14.3. The van der Waals surface area contributed by atoms with Gasteiger partial charge in [-0.25, -0.2) is 9.67 Å². The van der Waals surface area contributed by atoms with Gasteiger partial charge in [-0.05, 0) is 49.8 Å². The third-order valence-electron chi connectivity index (χ3n) is 3.77. The molecule has 134 valence electrons.